The van der Waals surface area contributed by atoms with Crippen LogP contribution in [-0.2, 0) is 4.79 Å². The molecule has 1 atom stereocenters. The number of amides is 1. The molecule has 2 aromatic carbocycles. The van der Waals surface area contributed by atoms with E-state index in [1.165, 1.54) is 30.5 Å². The van der Waals surface area contributed by atoms with Crippen LogP contribution in [-0.4, -0.2) is 35.3 Å². The zero-order chi connectivity index (χ0) is 20.5. The SMILES string of the molecule is NC(=O)C1CCCN(c2ccc(N=Cc3c(O)[nH]c4ccc(F)cc34)cc2F)C1. The lowest BCUT2D eigenvalue weighted by Crippen LogP contribution is -2.41. The number of primary amides is 1. The molecule has 0 aliphatic carbocycles. The normalized spacial score (nSPS) is 17.3. The predicted octanol–water partition coefficient (Wildman–Crippen LogP) is 3.60. The summed E-state index contributed by atoms with van der Waals surface area (Å²) >= 11 is 0. The van der Waals surface area contributed by atoms with E-state index in [9.17, 15) is 18.7 Å². The van der Waals surface area contributed by atoms with Crippen LogP contribution in [0, 0.1) is 17.6 Å². The fraction of sp³-hybridized carbons (Fsp3) is 0.238. The molecule has 1 aliphatic heterocycles. The molecule has 8 heteroatoms. The van der Waals surface area contributed by atoms with E-state index in [1.807, 2.05) is 4.90 Å². The highest BCUT2D eigenvalue weighted by Gasteiger charge is 2.25. The molecule has 1 saturated heterocycles. The first kappa shape index (κ1) is 18.9. The van der Waals surface area contributed by atoms with Crippen molar-refractivity contribution >= 4 is 34.4 Å². The van der Waals surface area contributed by atoms with Gasteiger partial charge in [0.05, 0.1) is 22.9 Å². The van der Waals surface area contributed by atoms with Crippen LogP contribution in [0.4, 0.5) is 20.2 Å². The van der Waals surface area contributed by atoms with Gasteiger partial charge < -0.3 is 20.7 Å². The van der Waals surface area contributed by atoms with Gasteiger partial charge in [-0.2, -0.15) is 0 Å². The Labute approximate surface area is 165 Å². The lowest BCUT2D eigenvalue weighted by Gasteiger charge is -2.33. The molecule has 1 aliphatic rings. The maximum absolute atomic E-state index is 14.7. The number of aromatic hydroxyl groups is 1. The van der Waals surface area contributed by atoms with Crippen LogP contribution in [0.3, 0.4) is 0 Å². The standard InChI is InChI=1S/C21H20F2N4O2/c22-13-3-5-18-15(8-13)16(21(29)26-18)10-25-14-4-6-19(17(23)9-14)27-7-1-2-12(11-27)20(24)28/h3-6,8-10,12,26,29H,1-2,7,11H2,(H2,24,28). The van der Waals surface area contributed by atoms with Crippen LogP contribution < -0.4 is 10.6 Å². The summed E-state index contributed by atoms with van der Waals surface area (Å²) in [4.78, 5) is 20.2. The van der Waals surface area contributed by atoms with E-state index in [0.717, 1.165) is 6.42 Å². The minimum absolute atomic E-state index is 0.141. The maximum atomic E-state index is 14.7. The molecular formula is C21H20F2N4O2. The lowest BCUT2D eigenvalue weighted by atomic mass is 9.97. The Kier molecular flexibility index (Phi) is 4.92. The quantitative estimate of drug-likeness (QED) is 0.586. The number of anilines is 1. The molecule has 4 N–H and O–H groups in total. The topological polar surface area (TPSA) is 94.7 Å². The number of aromatic nitrogens is 1. The molecule has 0 spiro atoms. The predicted molar refractivity (Wildman–Crippen MR) is 108 cm³/mol. The molecule has 3 aromatic rings. The second-order valence-corrected chi connectivity index (χ2v) is 7.16. The molecule has 6 nitrogen and oxygen atoms in total. The van der Waals surface area contributed by atoms with Crippen LogP contribution >= 0.6 is 0 Å². The Morgan fingerprint density at radius 2 is 2.10 bits per heavy atom. The van der Waals surface area contributed by atoms with Crippen molar-refractivity contribution in [3.05, 3.63) is 53.6 Å². The highest BCUT2D eigenvalue weighted by Crippen LogP contribution is 2.30. The van der Waals surface area contributed by atoms with Crippen molar-refractivity contribution in [3.8, 4) is 5.88 Å². The van der Waals surface area contributed by atoms with Gasteiger partial charge in [-0.25, -0.2) is 8.78 Å². The summed E-state index contributed by atoms with van der Waals surface area (Å²) in [5.74, 6) is -1.69. The first-order valence-corrected chi connectivity index (χ1v) is 9.30. The van der Waals surface area contributed by atoms with Crippen molar-refractivity contribution in [2.24, 2.45) is 16.6 Å². The van der Waals surface area contributed by atoms with E-state index < -0.39 is 11.6 Å². The van der Waals surface area contributed by atoms with Crippen molar-refractivity contribution < 1.29 is 18.7 Å². The molecule has 4 rings (SSSR count). The number of hydrogen-bond donors (Lipinski definition) is 3. The number of aromatic amines is 1. The van der Waals surface area contributed by atoms with Gasteiger partial charge in [-0.05, 0) is 43.2 Å². The van der Waals surface area contributed by atoms with Crippen molar-refractivity contribution in [1.29, 1.82) is 0 Å². The number of aliphatic imine (C=N–C) groups is 1. The van der Waals surface area contributed by atoms with Crippen molar-refractivity contribution in [3.63, 3.8) is 0 Å². The van der Waals surface area contributed by atoms with Gasteiger partial charge in [0.2, 0.25) is 5.91 Å². The van der Waals surface area contributed by atoms with E-state index in [1.54, 1.807) is 12.1 Å². The molecule has 1 unspecified atom stereocenters. The van der Waals surface area contributed by atoms with Crippen LogP contribution in [0.15, 0.2) is 41.4 Å². The summed E-state index contributed by atoms with van der Waals surface area (Å²) in [6.45, 7) is 1.04. The minimum atomic E-state index is -0.459. The van der Waals surface area contributed by atoms with Crippen molar-refractivity contribution in [2.75, 3.05) is 18.0 Å². The number of piperidine rings is 1. The van der Waals surface area contributed by atoms with Crippen LogP contribution in [0.2, 0.25) is 0 Å². The van der Waals surface area contributed by atoms with Gasteiger partial charge in [-0.1, -0.05) is 0 Å². The number of nitrogens with two attached hydrogens (primary N) is 1. The average molecular weight is 398 g/mol. The third-order valence-corrected chi connectivity index (χ3v) is 5.22. The molecule has 150 valence electrons. The van der Waals surface area contributed by atoms with Crippen LogP contribution in [0.1, 0.15) is 18.4 Å². The smallest absolute Gasteiger partial charge is 0.222 e. The van der Waals surface area contributed by atoms with E-state index in [-0.39, 0.29) is 17.7 Å². The fourth-order valence-electron chi connectivity index (χ4n) is 3.70. The Morgan fingerprint density at radius 1 is 1.28 bits per heavy atom. The van der Waals surface area contributed by atoms with Gasteiger partial charge >= 0.3 is 0 Å². The number of halogens is 2. The fourth-order valence-corrected chi connectivity index (χ4v) is 3.70. The number of nitrogens with one attached hydrogen (secondary N) is 1. The average Bonchev–Trinajstić information content (AvgIpc) is 3.01. The number of benzene rings is 2. The molecule has 29 heavy (non-hydrogen) atoms. The summed E-state index contributed by atoms with van der Waals surface area (Å²) < 4.78 is 28.2. The zero-order valence-electron chi connectivity index (χ0n) is 15.5. The monoisotopic (exact) mass is 398 g/mol. The van der Waals surface area contributed by atoms with Gasteiger partial charge in [-0.15, -0.1) is 0 Å². The molecule has 2 heterocycles. The first-order valence-electron chi connectivity index (χ1n) is 9.30. The zero-order valence-corrected chi connectivity index (χ0v) is 15.5. The third kappa shape index (κ3) is 3.78. The van der Waals surface area contributed by atoms with Crippen LogP contribution in [0.25, 0.3) is 10.9 Å². The second kappa shape index (κ2) is 7.54. The lowest BCUT2D eigenvalue weighted by molar-refractivity contribution is -0.122. The second-order valence-electron chi connectivity index (χ2n) is 7.16. The molecule has 0 saturated carbocycles. The number of H-pyrrole nitrogens is 1. The Bertz CT molecular complexity index is 1110. The van der Waals surface area contributed by atoms with Crippen molar-refractivity contribution in [1.82, 2.24) is 4.98 Å². The molecular weight excluding hydrogens is 378 g/mol. The molecule has 0 bridgehead atoms. The first-order chi connectivity index (χ1) is 13.9. The largest absolute Gasteiger partial charge is 0.494 e. The Balaban J connectivity index is 1.58. The van der Waals surface area contributed by atoms with Gasteiger partial charge in [0.15, 0.2) is 5.88 Å². The molecule has 1 amide bonds. The molecule has 1 aromatic heterocycles. The Morgan fingerprint density at radius 3 is 2.86 bits per heavy atom. The van der Waals surface area contributed by atoms with Gasteiger partial charge in [0, 0.05) is 36.3 Å². The summed E-state index contributed by atoms with van der Waals surface area (Å²) in [6, 6.07) is 8.65. The van der Waals surface area contributed by atoms with E-state index in [4.69, 9.17) is 5.73 Å². The van der Waals surface area contributed by atoms with Gasteiger partial charge in [-0.3, -0.25) is 9.79 Å². The number of carbonyl (C=O) groups is 1. The van der Waals surface area contributed by atoms with E-state index in [2.05, 4.69) is 9.98 Å². The number of fused-ring (bicyclic) bond motifs is 1. The number of rotatable bonds is 4. The number of hydrogen-bond acceptors (Lipinski definition) is 4. The summed E-state index contributed by atoms with van der Waals surface area (Å²) in [6.07, 6.45) is 2.85. The van der Waals surface area contributed by atoms with Gasteiger partial charge in [0.25, 0.3) is 0 Å². The highest BCUT2D eigenvalue weighted by atomic mass is 19.1. The summed E-state index contributed by atoms with van der Waals surface area (Å²) in [5, 5.41) is 10.5. The van der Waals surface area contributed by atoms with Gasteiger partial charge in [0.1, 0.15) is 11.6 Å². The third-order valence-electron chi connectivity index (χ3n) is 5.22. The van der Waals surface area contributed by atoms with E-state index in [0.29, 0.717) is 47.4 Å². The molecule has 1 fully saturated rings. The summed E-state index contributed by atoms with van der Waals surface area (Å²) in [5.41, 5.74) is 7.03. The minimum Gasteiger partial charge on any atom is -0.494 e. The number of nitrogens with zero attached hydrogens (tertiary/aromatic N) is 2. The summed E-state index contributed by atoms with van der Waals surface area (Å²) in [7, 11) is 0. The Hall–Kier alpha value is -3.42. The molecule has 0 radical (unpaired) electrons. The van der Waals surface area contributed by atoms with Crippen LogP contribution in [0.5, 0.6) is 5.88 Å². The number of carbonyl (C=O) groups excluding carboxylic acids is 1. The highest BCUT2D eigenvalue weighted by molar-refractivity contribution is 6.02. The van der Waals surface area contributed by atoms with Crippen molar-refractivity contribution in [2.45, 2.75) is 12.8 Å². The van der Waals surface area contributed by atoms with E-state index >= 15 is 0 Å². The maximum Gasteiger partial charge on any atom is 0.222 e.